The lowest BCUT2D eigenvalue weighted by atomic mass is 10.0. The van der Waals surface area contributed by atoms with Crippen molar-refractivity contribution >= 4 is 11.6 Å². The zero-order valence-electron chi connectivity index (χ0n) is 14.7. The first-order valence-electron chi connectivity index (χ1n) is 8.99. The van der Waals surface area contributed by atoms with Gasteiger partial charge in [0, 0.05) is 25.4 Å². The van der Waals surface area contributed by atoms with Gasteiger partial charge >= 0.3 is 0 Å². The maximum absolute atomic E-state index is 12.1. The molecule has 0 spiro atoms. The standard InChI is InChI=1S/C21H26N2O2/c1-16(18-8-3-2-4-9-18)14-22-15-17-7-5-10-19(13-17)23-21(24)20-11-6-12-25-20/h2-5,7-10,13,16,20,22H,6,11-12,14-15H2,1H3,(H,23,24). The Morgan fingerprint density at radius 1 is 1.20 bits per heavy atom. The Balaban J connectivity index is 1.49. The number of benzene rings is 2. The summed E-state index contributed by atoms with van der Waals surface area (Å²) in [4.78, 5) is 12.1. The Hall–Kier alpha value is -2.17. The summed E-state index contributed by atoms with van der Waals surface area (Å²) in [5.41, 5.74) is 3.33. The van der Waals surface area contributed by atoms with Gasteiger partial charge in [0.1, 0.15) is 6.10 Å². The van der Waals surface area contributed by atoms with Crippen LogP contribution in [0, 0.1) is 0 Å². The molecule has 1 heterocycles. The van der Waals surface area contributed by atoms with Crippen LogP contribution in [0.1, 0.15) is 36.8 Å². The van der Waals surface area contributed by atoms with Crippen molar-refractivity contribution in [1.29, 1.82) is 0 Å². The minimum Gasteiger partial charge on any atom is -0.368 e. The minimum absolute atomic E-state index is 0.0414. The molecular weight excluding hydrogens is 312 g/mol. The third-order valence-corrected chi connectivity index (χ3v) is 4.56. The van der Waals surface area contributed by atoms with E-state index in [0.29, 0.717) is 12.5 Å². The number of hydrogen-bond donors (Lipinski definition) is 2. The number of carbonyl (C=O) groups excluding carboxylic acids is 1. The normalized spacial score (nSPS) is 18.0. The first-order valence-corrected chi connectivity index (χ1v) is 8.99. The van der Waals surface area contributed by atoms with Gasteiger partial charge in [-0.15, -0.1) is 0 Å². The lowest BCUT2D eigenvalue weighted by Gasteiger charge is -2.14. The molecular formula is C21H26N2O2. The summed E-state index contributed by atoms with van der Waals surface area (Å²) in [6.45, 7) is 4.60. The second kappa shape index (κ2) is 8.79. The van der Waals surface area contributed by atoms with Crippen LogP contribution in [0.4, 0.5) is 5.69 Å². The van der Waals surface area contributed by atoms with Crippen LogP contribution in [-0.4, -0.2) is 25.2 Å². The van der Waals surface area contributed by atoms with E-state index in [4.69, 9.17) is 4.74 Å². The molecule has 2 unspecified atom stereocenters. The van der Waals surface area contributed by atoms with Crippen LogP contribution in [0.25, 0.3) is 0 Å². The van der Waals surface area contributed by atoms with Gasteiger partial charge in [-0.1, -0.05) is 49.4 Å². The Bertz CT molecular complexity index is 681. The highest BCUT2D eigenvalue weighted by Crippen LogP contribution is 2.17. The van der Waals surface area contributed by atoms with E-state index in [-0.39, 0.29) is 12.0 Å². The van der Waals surface area contributed by atoms with Gasteiger partial charge < -0.3 is 15.4 Å². The highest BCUT2D eigenvalue weighted by Gasteiger charge is 2.23. The third kappa shape index (κ3) is 5.15. The van der Waals surface area contributed by atoms with E-state index in [1.54, 1.807) is 0 Å². The lowest BCUT2D eigenvalue weighted by Crippen LogP contribution is -2.27. The van der Waals surface area contributed by atoms with E-state index in [0.717, 1.165) is 37.2 Å². The first kappa shape index (κ1) is 17.6. The number of rotatable bonds is 7. The first-order chi connectivity index (χ1) is 12.2. The van der Waals surface area contributed by atoms with Crippen LogP contribution >= 0.6 is 0 Å². The predicted molar refractivity (Wildman–Crippen MR) is 101 cm³/mol. The molecule has 0 radical (unpaired) electrons. The third-order valence-electron chi connectivity index (χ3n) is 4.56. The molecule has 1 aliphatic heterocycles. The molecule has 4 heteroatoms. The number of ether oxygens (including phenoxy) is 1. The van der Waals surface area contributed by atoms with Crippen LogP contribution in [0.15, 0.2) is 54.6 Å². The summed E-state index contributed by atoms with van der Waals surface area (Å²) >= 11 is 0. The lowest BCUT2D eigenvalue weighted by molar-refractivity contribution is -0.124. The molecule has 1 fully saturated rings. The summed E-state index contributed by atoms with van der Waals surface area (Å²) in [6, 6.07) is 18.5. The van der Waals surface area contributed by atoms with Crippen molar-refractivity contribution in [2.45, 2.75) is 38.3 Å². The number of nitrogens with one attached hydrogen (secondary N) is 2. The molecule has 2 aromatic rings. The fourth-order valence-electron chi connectivity index (χ4n) is 3.10. The van der Waals surface area contributed by atoms with E-state index in [2.05, 4.69) is 47.9 Å². The van der Waals surface area contributed by atoms with Gasteiger partial charge in [-0.2, -0.15) is 0 Å². The zero-order valence-corrected chi connectivity index (χ0v) is 14.7. The molecule has 2 aromatic carbocycles. The number of carbonyl (C=O) groups is 1. The SMILES string of the molecule is CC(CNCc1cccc(NC(=O)C2CCCO2)c1)c1ccccc1. The molecule has 4 nitrogen and oxygen atoms in total. The van der Waals surface area contributed by atoms with Crippen molar-refractivity contribution < 1.29 is 9.53 Å². The Morgan fingerprint density at radius 3 is 2.80 bits per heavy atom. The molecule has 1 saturated heterocycles. The number of hydrogen-bond acceptors (Lipinski definition) is 3. The Kier molecular flexibility index (Phi) is 6.20. The van der Waals surface area contributed by atoms with Gasteiger partial charge in [0.05, 0.1) is 0 Å². The van der Waals surface area contributed by atoms with E-state index in [1.165, 1.54) is 5.56 Å². The molecule has 1 aliphatic rings. The molecule has 132 valence electrons. The molecule has 2 atom stereocenters. The van der Waals surface area contributed by atoms with Crippen LogP contribution in [0.5, 0.6) is 0 Å². The van der Waals surface area contributed by atoms with Gasteiger partial charge in [0.25, 0.3) is 5.91 Å². The number of amides is 1. The van der Waals surface area contributed by atoms with Gasteiger partial charge in [-0.25, -0.2) is 0 Å². The topological polar surface area (TPSA) is 50.4 Å². The monoisotopic (exact) mass is 338 g/mol. The maximum atomic E-state index is 12.1. The van der Waals surface area contributed by atoms with Crippen LogP contribution < -0.4 is 10.6 Å². The molecule has 0 saturated carbocycles. The van der Waals surface area contributed by atoms with Crippen molar-refractivity contribution in [3.8, 4) is 0 Å². The molecule has 25 heavy (non-hydrogen) atoms. The molecule has 1 amide bonds. The number of anilines is 1. The molecule has 0 aliphatic carbocycles. The van der Waals surface area contributed by atoms with E-state index < -0.39 is 0 Å². The van der Waals surface area contributed by atoms with Gasteiger partial charge in [-0.05, 0) is 42.0 Å². The Labute approximate surface area is 149 Å². The van der Waals surface area contributed by atoms with E-state index >= 15 is 0 Å². The van der Waals surface area contributed by atoms with Crippen LogP contribution in [0.2, 0.25) is 0 Å². The highest BCUT2D eigenvalue weighted by molar-refractivity contribution is 5.94. The van der Waals surface area contributed by atoms with Crippen LogP contribution in [-0.2, 0) is 16.1 Å². The second-order valence-electron chi connectivity index (χ2n) is 6.63. The zero-order chi connectivity index (χ0) is 17.5. The molecule has 0 bridgehead atoms. The minimum atomic E-state index is -0.298. The molecule has 2 N–H and O–H groups in total. The summed E-state index contributed by atoms with van der Waals surface area (Å²) in [6.07, 6.45) is 1.47. The maximum Gasteiger partial charge on any atom is 0.253 e. The van der Waals surface area contributed by atoms with Crippen LogP contribution in [0.3, 0.4) is 0 Å². The van der Waals surface area contributed by atoms with Crippen molar-refractivity contribution in [1.82, 2.24) is 5.32 Å². The fourth-order valence-corrected chi connectivity index (χ4v) is 3.10. The average molecular weight is 338 g/mol. The molecule has 3 rings (SSSR count). The van der Waals surface area contributed by atoms with Gasteiger partial charge in [0.2, 0.25) is 0 Å². The van der Waals surface area contributed by atoms with Crippen molar-refractivity contribution in [2.24, 2.45) is 0 Å². The summed E-state index contributed by atoms with van der Waals surface area (Å²) in [5, 5.41) is 6.46. The fraction of sp³-hybridized carbons (Fsp3) is 0.381. The highest BCUT2D eigenvalue weighted by atomic mass is 16.5. The van der Waals surface area contributed by atoms with Gasteiger partial charge in [0.15, 0.2) is 0 Å². The largest absolute Gasteiger partial charge is 0.368 e. The van der Waals surface area contributed by atoms with Crippen molar-refractivity contribution in [3.63, 3.8) is 0 Å². The van der Waals surface area contributed by atoms with Crippen molar-refractivity contribution in [3.05, 3.63) is 65.7 Å². The smallest absolute Gasteiger partial charge is 0.253 e. The predicted octanol–water partition coefficient (Wildman–Crippen LogP) is 3.70. The average Bonchev–Trinajstić information content (AvgIpc) is 3.17. The van der Waals surface area contributed by atoms with E-state index in [1.807, 2.05) is 24.3 Å². The second-order valence-corrected chi connectivity index (χ2v) is 6.63. The van der Waals surface area contributed by atoms with Crippen molar-refractivity contribution in [2.75, 3.05) is 18.5 Å². The summed E-state index contributed by atoms with van der Waals surface area (Å²) in [5.74, 6) is 0.420. The quantitative estimate of drug-likeness (QED) is 0.809. The Morgan fingerprint density at radius 2 is 2.04 bits per heavy atom. The van der Waals surface area contributed by atoms with E-state index in [9.17, 15) is 4.79 Å². The molecule has 0 aromatic heterocycles. The summed E-state index contributed by atoms with van der Waals surface area (Å²) < 4.78 is 5.43. The summed E-state index contributed by atoms with van der Waals surface area (Å²) in [7, 11) is 0. The van der Waals surface area contributed by atoms with Gasteiger partial charge in [-0.3, -0.25) is 4.79 Å².